The highest BCUT2D eigenvalue weighted by molar-refractivity contribution is 6.31. The molecule has 0 saturated carbocycles. The Labute approximate surface area is 360 Å². The van der Waals surface area contributed by atoms with Crippen LogP contribution in [0.5, 0.6) is 11.5 Å². The highest BCUT2D eigenvalue weighted by Gasteiger charge is 2.45. The van der Waals surface area contributed by atoms with Gasteiger partial charge in [-0.15, -0.1) is 0 Å². The molecule has 0 aliphatic carbocycles. The second kappa shape index (κ2) is 18.8. The second-order valence-corrected chi connectivity index (χ2v) is 17.4. The van der Waals surface area contributed by atoms with Gasteiger partial charge < -0.3 is 34.0 Å². The molecule has 3 heterocycles. The summed E-state index contributed by atoms with van der Waals surface area (Å²) in [5, 5.41) is 11.2. The summed E-state index contributed by atoms with van der Waals surface area (Å²) in [7, 11) is 7.55. The summed E-state index contributed by atoms with van der Waals surface area (Å²) in [4.78, 5) is 68.1. The van der Waals surface area contributed by atoms with Crippen molar-refractivity contribution in [3.63, 3.8) is 0 Å². The summed E-state index contributed by atoms with van der Waals surface area (Å²) in [6, 6.07) is 15.9. The summed E-state index contributed by atoms with van der Waals surface area (Å²) in [5.74, 6) is -3.18. The molecule has 2 fully saturated rings. The van der Waals surface area contributed by atoms with Gasteiger partial charge in [0.1, 0.15) is 23.1 Å². The number of hydrogen-bond donors (Lipinski definition) is 1. The number of amides is 3. The molecule has 0 unspecified atom stereocenters. The van der Waals surface area contributed by atoms with Gasteiger partial charge in [0.2, 0.25) is 17.7 Å². The van der Waals surface area contributed by atoms with Crippen molar-refractivity contribution in [3.8, 4) is 22.8 Å². The molecule has 60 heavy (non-hydrogen) atoms. The Balaban J connectivity index is 1.30. The van der Waals surface area contributed by atoms with Crippen LogP contribution in [0.3, 0.4) is 0 Å². The number of fused-ring (bicyclic) bond motifs is 2. The van der Waals surface area contributed by atoms with Crippen LogP contribution in [0, 0.1) is 17.7 Å². The number of halogens is 3. The van der Waals surface area contributed by atoms with Crippen LogP contribution < -0.4 is 4.74 Å². The summed E-state index contributed by atoms with van der Waals surface area (Å²) < 4.78 is 24.3. The van der Waals surface area contributed by atoms with Gasteiger partial charge >= 0.3 is 0 Å². The van der Waals surface area contributed by atoms with Crippen molar-refractivity contribution < 1.29 is 33.4 Å². The van der Waals surface area contributed by atoms with Crippen LogP contribution in [0.15, 0.2) is 66.9 Å². The van der Waals surface area contributed by atoms with Crippen molar-refractivity contribution >= 4 is 46.7 Å². The van der Waals surface area contributed by atoms with Gasteiger partial charge in [-0.05, 0) is 94.4 Å². The number of ketones is 1. The number of aliphatic hydroxyl groups excluding tert-OH is 1. The molecule has 15 heteroatoms. The lowest BCUT2D eigenvalue weighted by Crippen LogP contribution is -2.63. The number of imidazole rings is 1. The normalized spacial score (nSPS) is 22.1. The zero-order chi connectivity index (χ0) is 43.5. The first-order chi connectivity index (χ1) is 28.5. The van der Waals surface area contributed by atoms with Crippen LogP contribution in [0.2, 0.25) is 10.0 Å². The van der Waals surface area contributed by atoms with E-state index in [1.54, 1.807) is 54.2 Å². The van der Waals surface area contributed by atoms with Gasteiger partial charge in [-0.3, -0.25) is 19.2 Å². The molecule has 1 N–H and O–H groups in total. The highest BCUT2D eigenvalue weighted by Crippen LogP contribution is 2.36. The van der Waals surface area contributed by atoms with Gasteiger partial charge in [0, 0.05) is 67.1 Å². The lowest BCUT2D eigenvalue weighted by atomic mass is 9.80. The maximum Gasteiger partial charge on any atom is 0.228 e. The lowest BCUT2D eigenvalue weighted by Gasteiger charge is -2.50. The average Bonchev–Trinajstić information content (AvgIpc) is 3.57. The van der Waals surface area contributed by atoms with Crippen molar-refractivity contribution in [2.75, 3.05) is 40.8 Å². The molecule has 2 bridgehead atoms. The Bertz CT molecular complexity index is 2220. The Hall–Kier alpha value is -4.82. The summed E-state index contributed by atoms with van der Waals surface area (Å²) in [5.41, 5.74) is 1.81. The number of aliphatic hydroxyl groups is 1. The number of hydrogen-bond acceptors (Lipinski definition) is 8. The number of aromatic nitrogens is 2. The fourth-order valence-electron chi connectivity index (χ4n) is 8.32. The van der Waals surface area contributed by atoms with E-state index in [1.807, 2.05) is 54.9 Å². The Morgan fingerprint density at radius 1 is 0.950 bits per heavy atom. The molecular formula is C45H53Cl2FN6O6. The fraction of sp³-hybridized carbons (Fsp3) is 0.444. The fourth-order valence-corrected chi connectivity index (χ4v) is 8.65. The average molecular weight is 864 g/mol. The SMILES string of the molecule is C[C@@H]1CC(=O)N(Cc2c(F)cc(Cl)cc2Oc2ccc(-c3cnc(CN(C)C)n3C)cc2)[C@@H](C)C(=O)C[C@@H](CO)C(=O)N(C)[C@@]2(Cc3ccc(Cl)cc3)CCCN(C2)C1=O. The Morgan fingerprint density at radius 3 is 2.32 bits per heavy atom. The summed E-state index contributed by atoms with van der Waals surface area (Å²) in [6.07, 6.45) is 2.75. The standard InChI is InChI=1S/C45H53Cl2FN6O6/c1-28-18-42(57)54(24-36-37(48)20-34(47)21-40(36)60-35-14-10-31(11-15-35)38-23-49-41(51(38)5)25-50(3)4)29(2)39(56)19-32(26-55)44(59)52(6)45(16-7-17-53(27-45)43(28)58)22-30-8-12-33(46)13-9-30/h8-15,20-21,23,28-29,32,55H,7,16-19,22,24-27H2,1-6H3/t28-,29+,32+,45-/m1/s1. The van der Waals surface area contributed by atoms with E-state index in [9.17, 15) is 24.3 Å². The molecule has 0 radical (unpaired) electrons. The molecule has 4 aromatic rings. The first-order valence-corrected chi connectivity index (χ1v) is 20.9. The highest BCUT2D eigenvalue weighted by atomic mass is 35.5. The zero-order valence-corrected chi connectivity index (χ0v) is 36.5. The number of piperidine rings is 1. The van der Waals surface area contributed by atoms with Crippen molar-refractivity contribution in [1.82, 2.24) is 29.2 Å². The molecule has 6 rings (SSSR count). The lowest BCUT2D eigenvalue weighted by molar-refractivity contribution is -0.153. The largest absolute Gasteiger partial charge is 0.457 e. The van der Waals surface area contributed by atoms with E-state index in [-0.39, 0.29) is 41.6 Å². The molecule has 12 nitrogen and oxygen atoms in total. The van der Waals surface area contributed by atoms with Crippen LogP contribution in [0.4, 0.5) is 4.39 Å². The smallest absolute Gasteiger partial charge is 0.228 e. The molecule has 0 spiro atoms. The number of carbonyl (C=O) groups excluding carboxylic acids is 4. The topological polar surface area (TPSA) is 129 Å². The number of benzene rings is 3. The van der Waals surface area contributed by atoms with Crippen LogP contribution in [-0.2, 0) is 45.7 Å². The molecule has 2 aliphatic heterocycles. The number of Topliss-reactive ketones (excluding diaryl/α,β-unsaturated/α-hetero) is 1. The van der Waals surface area contributed by atoms with Crippen molar-refractivity contribution in [1.29, 1.82) is 0 Å². The van der Waals surface area contributed by atoms with Gasteiger partial charge in [-0.2, -0.15) is 0 Å². The third-order valence-electron chi connectivity index (χ3n) is 11.9. The molecule has 2 saturated heterocycles. The van der Waals surface area contributed by atoms with E-state index in [0.717, 1.165) is 28.7 Å². The second-order valence-electron chi connectivity index (χ2n) is 16.5. The predicted molar refractivity (Wildman–Crippen MR) is 228 cm³/mol. The third-order valence-corrected chi connectivity index (χ3v) is 12.4. The van der Waals surface area contributed by atoms with Crippen LogP contribution in [0.1, 0.15) is 56.5 Å². The minimum absolute atomic E-state index is 0.0333. The Kier molecular flexibility index (Phi) is 14.0. The summed E-state index contributed by atoms with van der Waals surface area (Å²) >= 11 is 12.5. The zero-order valence-electron chi connectivity index (χ0n) is 35.0. The number of ether oxygens (including phenoxy) is 1. The number of nitrogens with zero attached hydrogens (tertiary/aromatic N) is 6. The minimum atomic E-state index is -1.17. The van der Waals surface area contributed by atoms with Gasteiger partial charge in [0.05, 0.1) is 49.1 Å². The van der Waals surface area contributed by atoms with Crippen molar-refractivity contribution in [3.05, 3.63) is 99.7 Å². The number of carbonyl (C=O) groups is 4. The van der Waals surface area contributed by atoms with Crippen LogP contribution in [-0.4, -0.2) is 110 Å². The van der Waals surface area contributed by atoms with Crippen LogP contribution in [0.25, 0.3) is 11.3 Å². The monoisotopic (exact) mass is 862 g/mol. The van der Waals surface area contributed by atoms with E-state index in [0.29, 0.717) is 43.1 Å². The first kappa shape index (κ1) is 44.7. The van der Waals surface area contributed by atoms with Crippen LogP contribution >= 0.6 is 23.2 Å². The third kappa shape index (κ3) is 9.86. The molecule has 2 aliphatic rings. The maximum absolute atomic E-state index is 16.0. The van der Waals surface area contributed by atoms with Crippen molar-refractivity contribution in [2.24, 2.45) is 18.9 Å². The van der Waals surface area contributed by atoms with Crippen molar-refractivity contribution in [2.45, 2.75) is 70.6 Å². The quantitative estimate of drug-likeness (QED) is 0.185. The van der Waals surface area contributed by atoms with E-state index in [1.165, 1.54) is 17.9 Å². The molecule has 3 amide bonds. The molecule has 1 aromatic heterocycles. The van der Waals surface area contributed by atoms with Gasteiger partial charge in [0.25, 0.3) is 0 Å². The maximum atomic E-state index is 16.0. The van der Waals surface area contributed by atoms with Gasteiger partial charge in [-0.1, -0.05) is 42.3 Å². The molecule has 320 valence electrons. The summed E-state index contributed by atoms with van der Waals surface area (Å²) in [6.45, 7) is 3.45. The predicted octanol–water partition coefficient (Wildman–Crippen LogP) is 6.77. The minimum Gasteiger partial charge on any atom is -0.457 e. The van der Waals surface area contributed by atoms with Gasteiger partial charge in [-0.25, -0.2) is 9.37 Å². The van der Waals surface area contributed by atoms with E-state index < -0.39 is 60.0 Å². The Morgan fingerprint density at radius 2 is 1.65 bits per heavy atom. The van der Waals surface area contributed by atoms with Gasteiger partial charge in [0.15, 0.2) is 5.78 Å². The van der Waals surface area contributed by atoms with E-state index >= 15 is 4.39 Å². The molecule has 3 aromatic carbocycles. The molecular weight excluding hydrogens is 810 g/mol. The molecule has 4 atom stereocenters. The first-order valence-electron chi connectivity index (χ1n) is 20.2. The number of rotatable bonds is 10. The number of likely N-dealkylation sites (N-methyl/N-ethyl adjacent to an activating group) is 1. The van der Waals surface area contributed by atoms with E-state index in [2.05, 4.69) is 4.98 Å². The van der Waals surface area contributed by atoms with E-state index in [4.69, 9.17) is 27.9 Å².